The Hall–Kier alpha value is -1.26. The van der Waals surface area contributed by atoms with E-state index in [9.17, 15) is 9.59 Å². The SMILES string of the molecule is COC(=O)C1CC(C)CN1C(=O)OC(C)(C)C. The number of hydrogen-bond donors (Lipinski definition) is 0. The standard InChI is InChI=1S/C12H21NO4/c1-8-6-9(10(14)16-5)13(7-8)11(15)17-12(2,3)4/h8-9H,6-7H2,1-5H3. The Morgan fingerprint density at radius 1 is 1.29 bits per heavy atom. The number of hydrogen-bond acceptors (Lipinski definition) is 4. The second-order valence-corrected chi connectivity index (χ2v) is 5.51. The van der Waals surface area contributed by atoms with Crippen LogP contribution in [0.1, 0.15) is 34.1 Å². The Kier molecular flexibility index (Phi) is 4.01. The van der Waals surface area contributed by atoms with Gasteiger partial charge in [-0.1, -0.05) is 6.92 Å². The van der Waals surface area contributed by atoms with Gasteiger partial charge in [-0.3, -0.25) is 4.90 Å². The monoisotopic (exact) mass is 243 g/mol. The Bertz CT molecular complexity index is 308. The summed E-state index contributed by atoms with van der Waals surface area (Å²) < 4.78 is 9.98. The van der Waals surface area contributed by atoms with Crippen LogP contribution in [0.4, 0.5) is 4.79 Å². The van der Waals surface area contributed by atoms with E-state index in [1.807, 2.05) is 6.92 Å². The van der Waals surface area contributed by atoms with Crippen molar-refractivity contribution in [2.24, 2.45) is 5.92 Å². The minimum absolute atomic E-state index is 0.284. The fraction of sp³-hybridized carbons (Fsp3) is 0.833. The molecule has 1 heterocycles. The molecule has 5 nitrogen and oxygen atoms in total. The van der Waals surface area contributed by atoms with Gasteiger partial charge in [0.1, 0.15) is 11.6 Å². The van der Waals surface area contributed by atoms with Gasteiger partial charge >= 0.3 is 12.1 Å². The largest absolute Gasteiger partial charge is 0.467 e. The fourth-order valence-corrected chi connectivity index (χ4v) is 1.93. The van der Waals surface area contributed by atoms with Gasteiger partial charge in [-0.05, 0) is 33.1 Å². The maximum Gasteiger partial charge on any atom is 0.411 e. The second kappa shape index (κ2) is 4.94. The van der Waals surface area contributed by atoms with Gasteiger partial charge in [0, 0.05) is 6.54 Å². The van der Waals surface area contributed by atoms with Crippen molar-refractivity contribution in [3.8, 4) is 0 Å². The zero-order chi connectivity index (χ0) is 13.2. The molecule has 0 radical (unpaired) electrons. The molecule has 17 heavy (non-hydrogen) atoms. The van der Waals surface area contributed by atoms with E-state index in [0.29, 0.717) is 13.0 Å². The summed E-state index contributed by atoms with van der Waals surface area (Å²) in [6.45, 7) is 7.95. The van der Waals surface area contributed by atoms with Gasteiger partial charge in [0.25, 0.3) is 0 Å². The van der Waals surface area contributed by atoms with Crippen molar-refractivity contribution >= 4 is 12.1 Å². The smallest absolute Gasteiger partial charge is 0.411 e. The number of nitrogens with zero attached hydrogens (tertiary/aromatic N) is 1. The molecule has 0 aromatic rings. The molecular weight excluding hydrogens is 222 g/mol. The topological polar surface area (TPSA) is 55.8 Å². The zero-order valence-corrected chi connectivity index (χ0v) is 11.1. The fourth-order valence-electron chi connectivity index (χ4n) is 1.93. The summed E-state index contributed by atoms with van der Waals surface area (Å²) >= 11 is 0. The lowest BCUT2D eigenvalue weighted by Crippen LogP contribution is -2.43. The van der Waals surface area contributed by atoms with Crippen LogP contribution >= 0.6 is 0 Å². The highest BCUT2D eigenvalue weighted by Crippen LogP contribution is 2.25. The van der Waals surface area contributed by atoms with Crippen LogP contribution in [0, 0.1) is 5.92 Å². The van der Waals surface area contributed by atoms with E-state index in [1.54, 1.807) is 20.8 Å². The average Bonchev–Trinajstić information content (AvgIpc) is 2.56. The lowest BCUT2D eigenvalue weighted by molar-refractivity contribution is -0.145. The Morgan fingerprint density at radius 3 is 2.35 bits per heavy atom. The highest BCUT2D eigenvalue weighted by molar-refractivity contribution is 5.82. The molecule has 98 valence electrons. The summed E-state index contributed by atoms with van der Waals surface area (Å²) in [7, 11) is 1.33. The van der Waals surface area contributed by atoms with Crippen LogP contribution in [-0.2, 0) is 14.3 Å². The third kappa shape index (κ3) is 3.61. The third-order valence-corrected chi connectivity index (χ3v) is 2.61. The van der Waals surface area contributed by atoms with Crippen LogP contribution in [0.5, 0.6) is 0 Å². The number of likely N-dealkylation sites (tertiary alicyclic amines) is 1. The van der Waals surface area contributed by atoms with E-state index in [2.05, 4.69) is 0 Å². The first-order valence-corrected chi connectivity index (χ1v) is 5.82. The molecular formula is C12H21NO4. The third-order valence-electron chi connectivity index (χ3n) is 2.61. The van der Waals surface area contributed by atoms with Crippen molar-refractivity contribution in [1.29, 1.82) is 0 Å². The number of ether oxygens (including phenoxy) is 2. The Morgan fingerprint density at radius 2 is 1.88 bits per heavy atom. The number of rotatable bonds is 1. The minimum Gasteiger partial charge on any atom is -0.467 e. The summed E-state index contributed by atoms with van der Waals surface area (Å²) in [4.78, 5) is 25.0. The van der Waals surface area contributed by atoms with Crippen molar-refractivity contribution in [1.82, 2.24) is 4.90 Å². The van der Waals surface area contributed by atoms with Gasteiger partial charge in [-0.2, -0.15) is 0 Å². The molecule has 0 spiro atoms. The molecule has 1 aliphatic heterocycles. The molecule has 2 atom stereocenters. The Labute approximate surface area is 102 Å². The average molecular weight is 243 g/mol. The number of esters is 1. The molecule has 0 bridgehead atoms. The zero-order valence-electron chi connectivity index (χ0n) is 11.1. The molecule has 0 saturated carbocycles. The highest BCUT2D eigenvalue weighted by atomic mass is 16.6. The second-order valence-electron chi connectivity index (χ2n) is 5.51. The molecule has 0 N–H and O–H groups in total. The number of carbonyl (C=O) groups is 2. The van der Waals surface area contributed by atoms with Crippen molar-refractivity contribution in [3.05, 3.63) is 0 Å². The first-order valence-electron chi connectivity index (χ1n) is 5.82. The van der Waals surface area contributed by atoms with Crippen LogP contribution in [-0.4, -0.2) is 42.3 Å². The van der Waals surface area contributed by atoms with Crippen molar-refractivity contribution in [2.45, 2.75) is 45.8 Å². The molecule has 0 aromatic carbocycles. The number of carbonyl (C=O) groups excluding carboxylic acids is 2. The van der Waals surface area contributed by atoms with E-state index in [1.165, 1.54) is 12.0 Å². The van der Waals surface area contributed by atoms with Gasteiger partial charge in [0.05, 0.1) is 7.11 Å². The maximum atomic E-state index is 11.9. The molecule has 0 aromatic heterocycles. The molecule has 1 fully saturated rings. The van der Waals surface area contributed by atoms with E-state index in [-0.39, 0.29) is 11.9 Å². The number of amides is 1. The van der Waals surface area contributed by atoms with E-state index < -0.39 is 17.7 Å². The summed E-state index contributed by atoms with van der Waals surface area (Å²) in [5, 5.41) is 0. The van der Waals surface area contributed by atoms with Crippen LogP contribution in [0.25, 0.3) is 0 Å². The lowest BCUT2D eigenvalue weighted by Gasteiger charge is -2.27. The van der Waals surface area contributed by atoms with Gasteiger partial charge in [-0.25, -0.2) is 9.59 Å². The van der Waals surface area contributed by atoms with Crippen molar-refractivity contribution in [3.63, 3.8) is 0 Å². The molecule has 1 aliphatic rings. The molecule has 1 rings (SSSR count). The Balaban J connectivity index is 2.73. The van der Waals surface area contributed by atoms with Crippen molar-refractivity contribution < 1.29 is 19.1 Å². The molecule has 2 unspecified atom stereocenters. The summed E-state index contributed by atoms with van der Waals surface area (Å²) in [5.74, 6) is -0.0909. The van der Waals surface area contributed by atoms with Crippen LogP contribution in [0.2, 0.25) is 0 Å². The van der Waals surface area contributed by atoms with Crippen LogP contribution < -0.4 is 0 Å². The predicted octanol–water partition coefficient (Wildman–Crippen LogP) is 1.80. The van der Waals surface area contributed by atoms with Gasteiger partial charge in [-0.15, -0.1) is 0 Å². The van der Waals surface area contributed by atoms with Crippen molar-refractivity contribution in [2.75, 3.05) is 13.7 Å². The van der Waals surface area contributed by atoms with Crippen LogP contribution in [0.15, 0.2) is 0 Å². The summed E-state index contributed by atoms with van der Waals surface area (Å²) in [6, 6.07) is -0.509. The molecule has 1 amide bonds. The minimum atomic E-state index is -0.552. The first kappa shape index (κ1) is 13.8. The van der Waals surface area contributed by atoms with E-state index in [4.69, 9.17) is 9.47 Å². The molecule has 0 aliphatic carbocycles. The van der Waals surface area contributed by atoms with Gasteiger partial charge < -0.3 is 9.47 Å². The lowest BCUT2D eigenvalue weighted by atomic mass is 10.1. The quantitative estimate of drug-likeness (QED) is 0.659. The highest BCUT2D eigenvalue weighted by Gasteiger charge is 2.40. The number of methoxy groups -OCH3 is 1. The van der Waals surface area contributed by atoms with E-state index in [0.717, 1.165) is 0 Å². The normalized spacial score (nSPS) is 24.6. The summed E-state index contributed by atoms with van der Waals surface area (Å²) in [6.07, 6.45) is 0.184. The summed E-state index contributed by atoms with van der Waals surface area (Å²) in [5.41, 5.74) is -0.552. The van der Waals surface area contributed by atoms with Crippen LogP contribution in [0.3, 0.4) is 0 Å². The van der Waals surface area contributed by atoms with Gasteiger partial charge in [0.2, 0.25) is 0 Å². The predicted molar refractivity (Wildman–Crippen MR) is 62.5 cm³/mol. The van der Waals surface area contributed by atoms with E-state index >= 15 is 0 Å². The molecule has 1 saturated heterocycles. The maximum absolute atomic E-state index is 11.9. The van der Waals surface area contributed by atoms with Gasteiger partial charge in [0.15, 0.2) is 0 Å². The molecule has 5 heteroatoms. The first-order chi connectivity index (χ1) is 7.74.